The number of carbonyl (C=O) groups excluding carboxylic acids is 2. The summed E-state index contributed by atoms with van der Waals surface area (Å²) in [5, 5.41) is 5.71. The van der Waals surface area contributed by atoms with Crippen molar-refractivity contribution in [3.05, 3.63) is 0 Å². The minimum Gasteiger partial charge on any atom is -0.385 e. The van der Waals surface area contributed by atoms with E-state index in [0.29, 0.717) is 39.5 Å². The first-order valence-electron chi connectivity index (χ1n) is 7.00. The van der Waals surface area contributed by atoms with Crippen molar-refractivity contribution in [2.24, 2.45) is 0 Å². The fraction of sp³-hybridized carbons (Fsp3) is 0.846. The molecule has 1 aliphatic heterocycles. The summed E-state index contributed by atoms with van der Waals surface area (Å²) >= 11 is 0. The van der Waals surface area contributed by atoms with E-state index in [1.807, 2.05) is 0 Å². The molecule has 0 bridgehead atoms. The first-order chi connectivity index (χ1) is 9.65. The Morgan fingerprint density at radius 3 is 2.70 bits per heavy atom. The highest BCUT2D eigenvalue weighted by atomic mass is 16.5. The number of nitrogens with zero attached hydrogens (tertiary/aromatic N) is 1. The molecule has 0 aromatic heterocycles. The second-order valence-electron chi connectivity index (χ2n) is 4.74. The van der Waals surface area contributed by atoms with E-state index in [0.717, 1.165) is 6.42 Å². The van der Waals surface area contributed by atoms with Crippen molar-refractivity contribution in [2.45, 2.75) is 19.4 Å². The second kappa shape index (κ2) is 9.68. The van der Waals surface area contributed by atoms with Gasteiger partial charge in [0.05, 0.1) is 25.8 Å². The van der Waals surface area contributed by atoms with Crippen LogP contribution in [0.4, 0.5) is 0 Å². The van der Waals surface area contributed by atoms with E-state index < -0.39 is 0 Å². The summed E-state index contributed by atoms with van der Waals surface area (Å²) in [6, 6.07) is -0.363. The highest BCUT2D eigenvalue weighted by molar-refractivity contribution is 5.83. The Labute approximate surface area is 120 Å². The highest BCUT2D eigenvalue weighted by Gasteiger charge is 2.22. The number of hydrogen-bond acceptors (Lipinski definition) is 5. The Hall–Kier alpha value is -1.18. The lowest BCUT2D eigenvalue weighted by molar-refractivity contribution is -0.137. The zero-order valence-electron chi connectivity index (χ0n) is 12.3. The molecule has 1 heterocycles. The minimum absolute atomic E-state index is 0.0143. The normalized spacial score (nSPS) is 16.8. The maximum absolute atomic E-state index is 12.1. The van der Waals surface area contributed by atoms with Gasteiger partial charge in [-0.25, -0.2) is 0 Å². The molecule has 1 fully saturated rings. The summed E-state index contributed by atoms with van der Waals surface area (Å²) < 4.78 is 10.1. The van der Waals surface area contributed by atoms with Gasteiger partial charge >= 0.3 is 0 Å². The lowest BCUT2D eigenvalue weighted by atomic mass is 10.2. The van der Waals surface area contributed by atoms with Crippen LogP contribution >= 0.6 is 0 Å². The van der Waals surface area contributed by atoms with E-state index in [9.17, 15) is 9.59 Å². The smallest absolute Gasteiger partial charge is 0.239 e. The van der Waals surface area contributed by atoms with Crippen molar-refractivity contribution in [1.82, 2.24) is 15.5 Å². The SMILES string of the molecule is COCCCNC(=O)CNC(C)C(=O)N1CCOCC1. The third-order valence-electron chi connectivity index (χ3n) is 3.11. The monoisotopic (exact) mass is 287 g/mol. The van der Waals surface area contributed by atoms with Crippen LogP contribution in [-0.2, 0) is 19.1 Å². The molecule has 0 aliphatic carbocycles. The maximum atomic E-state index is 12.1. The Morgan fingerprint density at radius 1 is 1.35 bits per heavy atom. The number of ether oxygens (including phenoxy) is 2. The van der Waals surface area contributed by atoms with Crippen LogP contribution < -0.4 is 10.6 Å². The Bertz CT molecular complexity index is 306. The fourth-order valence-electron chi connectivity index (χ4n) is 1.90. The van der Waals surface area contributed by atoms with E-state index in [-0.39, 0.29) is 24.4 Å². The molecule has 7 nitrogen and oxygen atoms in total. The van der Waals surface area contributed by atoms with E-state index in [2.05, 4.69) is 10.6 Å². The molecule has 7 heteroatoms. The molecule has 1 aliphatic rings. The lowest BCUT2D eigenvalue weighted by Crippen LogP contribution is -2.50. The number of hydrogen-bond donors (Lipinski definition) is 2. The van der Waals surface area contributed by atoms with Gasteiger partial charge in [-0.15, -0.1) is 0 Å². The molecular weight excluding hydrogens is 262 g/mol. The first kappa shape index (κ1) is 16.9. The zero-order valence-corrected chi connectivity index (χ0v) is 12.3. The number of methoxy groups -OCH3 is 1. The molecule has 0 saturated carbocycles. The summed E-state index contributed by atoms with van der Waals surface area (Å²) in [5.41, 5.74) is 0. The quantitative estimate of drug-likeness (QED) is 0.558. The minimum atomic E-state index is -0.363. The predicted octanol–water partition coefficient (Wildman–Crippen LogP) is -1.02. The number of morpholine rings is 1. The zero-order chi connectivity index (χ0) is 14.8. The van der Waals surface area contributed by atoms with Crippen molar-refractivity contribution in [3.8, 4) is 0 Å². The Kier molecular flexibility index (Phi) is 8.17. The van der Waals surface area contributed by atoms with Gasteiger partial charge in [0.2, 0.25) is 11.8 Å². The van der Waals surface area contributed by atoms with E-state index in [4.69, 9.17) is 9.47 Å². The van der Waals surface area contributed by atoms with Crippen LogP contribution in [0.3, 0.4) is 0 Å². The third kappa shape index (κ3) is 6.31. The van der Waals surface area contributed by atoms with Crippen molar-refractivity contribution in [3.63, 3.8) is 0 Å². The summed E-state index contributed by atoms with van der Waals surface area (Å²) in [6.45, 7) is 5.53. The van der Waals surface area contributed by atoms with Crippen LogP contribution in [-0.4, -0.2) is 75.9 Å². The van der Waals surface area contributed by atoms with E-state index in [1.54, 1.807) is 18.9 Å². The standard InChI is InChI=1S/C13H25N3O4/c1-11(13(18)16-5-8-20-9-6-16)15-10-12(17)14-4-3-7-19-2/h11,15H,3-10H2,1-2H3,(H,14,17). The van der Waals surface area contributed by atoms with E-state index in [1.165, 1.54) is 0 Å². The summed E-state index contributed by atoms with van der Waals surface area (Å²) in [4.78, 5) is 25.4. The molecule has 0 aromatic carbocycles. The topological polar surface area (TPSA) is 79.9 Å². The molecule has 2 amide bonds. The molecule has 1 rings (SSSR count). The average molecular weight is 287 g/mol. The molecule has 0 radical (unpaired) electrons. The molecule has 0 aromatic rings. The second-order valence-corrected chi connectivity index (χ2v) is 4.74. The summed E-state index contributed by atoms with van der Waals surface area (Å²) in [6.07, 6.45) is 0.782. The Morgan fingerprint density at radius 2 is 2.05 bits per heavy atom. The summed E-state index contributed by atoms with van der Waals surface area (Å²) in [7, 11) is 1.63. The van der Waals surface area contributed by atoms with Gasteiger partial charge in [0, 0.05) is 33.4 Å². The van der Waals surface area contributed by atoms with Crippen LogP contribution in [0.25, 0.3) is 0 Å². The van der Waals surface area contributed by atoms with Crippen molar-refractivity contribution in [2.75, 3.05) is 53.1 Å². The number of carbonyl (C=O) groups is 2. The molecule has 116 valence electrons. The molecule has 2 N–H and O–H groups in total. The van der Waals surface area contributed by atoms with Gasteiger partial charge in [-0.3, -0.25) is 14.9 Å². The van der Waals surface area contributed by atoms with Gasteiger partial charge in [0.1, 0.15) is 0 Å². The lowest BCUT2D eigenvalue weighted by Gasteiger charge is -2.29. The van der Waals surface area contributed by atoms with Crippen LogP contribution in [0.5, 0.6) is 0 Å². The largest absolute Gasteiger partial charge is 0.385 e. The van der Waals surface area contributed by atoms with E-state index >= 15 is 0 Å². The van der Waals surface area contributed by atoms with Crippen LogP contribution in [0.15, 0.2) is 0 Å². The molecule has 1 saturated heterocycles. The number of nitrogens with one attached hydrogen (secondary N) is 2. The van der Waals surface area contributed by atoms with Gasteiger partial charge < -0.3 is 19.7 Å². The first-order valence-corrected chi connectivity index (χ1v) is 7.00. The molecular formula is C13H25N3O4. The third-order valence-corrected chi connectivity index (χ3v) is 3.11. The highest BCUT2D eigenvalue weighted by Crippen LogP contribution is 2.00. The number of amides is 2. The van der Waals surface area contributed by atoms with Gasteiger partial charge in [0.15, 0.2) is 0 Å². The molecule has 1 unspecified atom stereocenters. The van der Waals surface area contributed by atoms with Crippen molar-refractivity contribution >= 4 is 11.8 Å². The molecule has 0 spiro atoms. The summed E-state index contributed by atoms with van der Waals surface area (Å²) in [5.74, 6) is -0.0942. The van der Waals surface area contributed by atoms with Crippen LogP contribution in [0.1, 0.15) is 13.3 Å². The van der Waals surface area contributed by atoms with Gasteiger partial charge in [-0.2, -0.15) is 0 Å². The van der Waals surface area contributed by atoms with Crippen LogP contribution in [0.2, 0.25) is 0 Å². The average Bonchev–Trinajstić information content (AvgIpc) is 2.49. The molecule has 1 atom stereocenters. The number of rotatable bonds is 8. The van der Waals surface area contributed by atoms with Crippen LogP contribution in [0, 0.1) is 0 Å². The van der Waals surface area contributed by atoms with Crippen molar-refractivity contribution in [1.29, 1.82) is 0 Å². The fourth-order valence-corrected chi connectivity index (χ4v) is 1.90. The van der Waals surface area contributed by atoms with Crippen molar-refractivity contribution < 1.29 is 19.1 Å². The predicted molar refractivity (Wildman–Crippen MR) is 74.4 cm³/mol. The van der Waals surface area contributed by atoms with Gasteiger partial charge in [0.25, 0.3) is 0 Å². The molecule has 20 heavy (non-hydrogen) atoms. The Balaban J connectivity index is 2.16. The van der Waals surface area contributed by atoms with Gasteiger partial charge in [-0.05, 0) is 13.3 Å². The maximum Gasteiger partial charge on any atom is 0.239 e. The van der Waals surface area contributed by atoms with Gasteiger partial charge in [-0.1, -0.05) is 0 Å².